The SMILES string of the molecule is CCNC(=NCc1cccc(OCC)c1)NCc1ccnn1C.I. The van der Waals surface area contributed by atoms with Gasteiger partial charge in [-0.1, -0.05) is 12.1 Å². The lowest BCUT2D eigenvalue weighted by Crippen LogP contribution is -2.37. The van der Waals surface area contributed by atoms with Crippen molar-refractivity contribution in [2.45, 2.75) is 26.9 Å². The maximum atomic E-state index is 5.52. The zero-order valence-corrected chi connectivity index (χ0v) is 16.8. The first kappa shape index (κ1) is 20.3. The van der Waals surface area contributed by atoms with Gasteiger partial charge in [0.25, 0.3) is 0 Å². The van der Waals surface area contributed by atoms with Crippen LogP contribution in [-0.4, -0.2) is 28.9 Å². The molecule has 0 unspecified atom stereocenters. The number of aryl methyl sites for hydroxylation is 1. The quantitative estimate of drug-likeness (QED) is 0.393. The van der Waals surface area contributed by atoms with Crippen molar-refractivity contribution in [3.8, 4) is 5.75 Å². The van der Waals surface area contributed by atoms with Gasteiger partial charge in [-0.25, -0.2) is 4.99 Å². The van der Waals surface area contributed by atoms with Crippen molar-refractivity contribution in [1.82, 2.24) is 20.4 Å². The fourth-order valence-electron chi connectivity index (χ4n) is 2.16. The van der Waals surface area contributed by atoms with Crippen molar-refractivity contribution < 1.29 is 4.74 Å². The lowest BCUT2D eigenvalue weighted by molar-refractivity contribution is 0.340. The summed E-state index contributed by atoms with van der Waals surface area (Å²) in [5.41, 5.74) is 2.22. The van der Waals surface area contributed by atoms with Crippen molar-refractivity contribution in [2.24, 2.45) is 12.0 Å². The maximum Gasteiger partial charge on any atom is 0.191 e. The first-order valence-electron chi connectivity index (χ1n) is 7.93. The van der Waals surface area contributed by atoms with Crippen molar-refractivity contribution in [2.75, 3.05) is 13.2 Å². The second-order valence-corrected chi connectivity index (χ2v) is 5.08. The van der Waals surface area contributed by atoms with Gasteiger partial charge in [-0.15, -0.1) is 24.0 Å². The molecular weight excluding hydrogens is 417 g/mol. The molecule has 1 heterocycles. The van der Waals surface area contributed by atoms with E-state index in [1.165, 1.54) is 0 Å². The molecule has 2 N–H and O–H groups in total. The minimum absolute atomic E-state index is 0. The summed E-state index contributed by atoms with van der Waals surface area (Å²) in [4.78, 5) is 4.62. The van der Waals surface area contributed by atoms with Crippen LogP contribution >= 0.6 is 24.0 Å². The van der Waals surface area contributed by atoms with E-state index >= 15 is 0 Å². The molecule has 0 saturated heterocycles. The molecule has 0 radical (unpaired) electrons. The van der Waals surface area contributed by atoms with E-state index in [1.807, 2.05) is 42.9 Å². The Kier molecular flexibility index (Phi) is 9.21. The van der Waals surface area contributed by atoms with E-state index in [4.69, 9.17) is 4.74 Å². The number of guanidine groups is 1. The number of aromatic nitrogens is 2. The average Bonchev–Trinajstić information content (AvgIpc) is 2.96. The molecular formula is C17H26IN5O. The highest BCUT2D eigenvalue weighted by atomic mass is 127. The van der Waals surface area contributed by atoms with Crippen LogP contribution in [0.2, 0.25) is 0 Å². The zero-order chi connectivity index (χ0) is 16.5. The summed E-state index contributed by atoms with van der Waals surface area (Å²) < 4.78 is 7.37. The zero-order valence-electron chi connectivity index (χ0n) is 14.5. The highest BCUT2D eigenvalue weighted by Gasteiger charge is 2.02. The van der Waals surface area contributed by atoms with Crippen LogP contribution in [0, 0.1) is 0 Å². The number of aliphatic imine (C=N–C) groups is 1. The van der Waals surface area contributed by atoms with E-state index in [0.717, 1.165) is 29.5 Å². The van der Waals surface area contributed by atoms with Crippen LogP contribution in [0.1, 0.15) is 25.1 Å². The summed E-state index contributed by atoms with van der Waals surface area (Å²) in [7, 11) is 1.93. The van der Waals surface area contributed by atoms with Crippen LogP contribution in [0.5, 0.6) is 5.75 Å². The van der Waals surface area contributed by atoms with Crippen LogP contribution in [0.25, 0.3) is 0 Å². The molecule has 0 aliphatic carbocycles. The largest absolute Gasteiger partial charge is 0.494 e. The number of hydrogen-bond acceptors (Lipinski definition) is 3. The third-order valence-electron chi connectivity index (χ3n) is 3.33. The standard InChI is InChI=1S/C17H25N5O.HI/c1-4-18-17(20-13-15-9-10-21-22(15)3)19-12-14-7-6-8-16(11-14)23-5-2;/h6-11H,4-5,12-13H2,1-3H3,(H2,18,19,20);1H. The molecule has 132 valence electrons. The Hall–Kier alpha value is -1.77. The summed E-state index contributed by atoms with van der Waals surface area (Å²) in [5, 5.41) is 10.7. The first-order valence-corrected chi connectivity index (χ1v) is 7.93. The molecule has 6 nitrogen and oxygen atoms in total. The monoisotopic (exact) mass is 443 g/mol. The Balaban J connectivity index is 0.00000288. The molecule has 1 aromatic heterocycles. The van der Waals surface area contributed by atoms with Crippen LogP contribution in [0.4, 0.5) is 0 Å². The van der Waals surface area contributed by atoms with E-state index < -0.39 is 0 Å². The predicted octanol–water partition coefficient (Wildman–Crippen LogP) is 2.69. The molecule has 24 heavy (non-hydrogen) atoms. The minimum atomic E-state index is 0. The third kappa shape index (κ3) is 6.38. The molecule has 7 heteroatoms. The molecule has 0 spiro atoms. The fraction of sp³-hybridized carbons (Fsp3) is 0.412. The van der Waals surface area contributed by atoms with Crippen LogP contribution < -0.4 is 15.4 Å². The minimum Gasteiger partial charge on any atom is -0.494 e. The maximum absolute atomic E-state index is 5.52. The Bertz CT molecular complexity index is 641. The fourth-order valence-corrected chi connectivity index (χ4v) is 2.16. The number of nitrogens with zero attached hydrogens (tertiary/aromatic N) is 3. The normalized spacial score (nSPS) is 10.9. The van der Waals surface area contributed by atoms with E-state index in [1.54, 1.807) is 6.20 Å². The molecule has 0 amide bonds. The Morgan fingerprint density at radius 3 is 2.75 bits per heavy atom. The molecule has 0 fully saturated rings. The lowest BCUT2D eigenvalue weighted by Gasteiger charge is -2.11. The van der Waals surface area contributed by atoms with Crippen molar-refractivity contribution in [1.29, 1.82) is 0 Å². The van der Waals surface area contributed by atoms with Gasteiger partial charge < -0.3 is 15.4 Å². The number of halogens is 1. The Labute approximate surface area is 160 Å². The molecule has 0 aliphatic rings. The van der Waals surface area contributed by atoms with Gasteiger partial charge in [-0.2, -0.15) is 5.10 Å². The van der Waals surface area contributed by atoms with Gasteiger partial charge in [-0.05, 0) is 37.6 Å². The van der Waals surface area contributed by atoms with Gasteiger partial charge in [0.05, 0.1) is 25.4 Å². The molecule has 2 rings (SSSR count). The third-order valence-corrected chi connectivity index (χ3v) is 3.33. The summed E-state index contributed by atoms with van der Waals surface area (Å²) in [6.45, 7) is 6.80. The van der Waals surface area contributed by atoms with Crippen LogP contribution in [0.15, 0.2) is 41.5 Å². The predicted molar refractivity (Wildman–Crippen MR) is 108 cm³/mol. The highest BCUT2D eigenvalue weighted by Crippen LogP contribution is 2.13. The molecule has 0 saturated carbocycles. The van der Waals surface area contributed by atoms with Gasteiger partial charge in [0.15, 0.2) is 5.96 Å². The van der Waals surface area contributed by atoms with Crippen molar-refractivity contribution >= 4 is 29.9 Å². The smallest absolute Gasteiger partial charge is 0.191 e. The molecule has 0 bridgehead atoms. The highest BCUT2D eigenvalue weighted by molar-refractivity contribution is 14.0. The summed E-state index contributed by atoms with van der Waals surface area (Å²) >= 11 is 0. The van der Waals surface area contributed by atoms with E-state index in [9.17, 15) is 0 Å². The number of nitrogens with one attached hydrogen (secondary N) is 2. The first-order chi connectivity index (χ1) is 11.2. The second-order valence-electron chi connectivity index (χ2n) is 5.08. The van der Waals surface area contributed by atoms with Crippen molar-refractivity contribution in [3.05, 3.63) is 47.8 Å². The summed E-state index contributed by atoms with van der Waals surface area (Å²) in [6.07, 6.45) is 1.79. The molecule has 0 atom stereocenters. The summed E-state index contributed by atoms with van der Waals surface area (Å²) in [5.74, 6) is 1.67. The topological polar surface area (TPSA) is 63.5 Å². The summed E-state index contributed by atoms with van der Waals surface area (Å²) in [6, 6.07) is 10.0. The lowest BCUT2D eigenvalue weighted by atomic mass is 10.2. The van der Waals surface area contributed by atoms with Gasteiger partial charge in [-0.3, -0.25) is 4.68 Å². The number of benzene rings is 1. The van der Waals surface area contributed by atoms with Crippen LogP contribution in [-0.2, 0) is 20.1 Å². The second kappa shape index (κ2) is 10.9. The Morgan fingerprint density at radius 1 is 1.25 bits per heavy atom. The molecule has 1 aromatic carbocycles. The molecule has 0 aliphatic heterocycles. The van der Waals surface area contributed by atoms with E-state index in [-0.39, 0.29) is 24.0 Å². The number of rotatable bonds is 7. The van der Waals surface area contributed by atoms with Crippen molar-refractivity contribution in [3.63, 3.8) is 0 Å². The van der Waals surface area contributed by atoms with E-state index in [0.29, 0.717) is 19.7 Å². The molecule has 2 aromatic rings. The van der Waals surface area contributed by atoms with Gasteiger partial charge in [0.1, 0.15) is 5.75 Å². The number of ether oxygens (including phenoxy) is 1. The average molecular weight is 443 g/mol. The van der Waals surface area contributed by atoms with Crippen LogP contribution in [0.3, 0.4) is 0 Å². The number of hydrogen-bond donors (Lipinski definition) is 2. The van der Waals surface area contributed by atoms with E-state index in [2.05, 4.69) is 33.7 Å². The Morgan fingerprint density at radius 2 is 2.08 bits per heavy atom. The van der Waals surface area contributed by atoms with Gasteiger partial charge >= 0.3 is 0 Å². The van der Waals surface area contributed by atoms with Gasteiger partial charge in [0, 0.05) is 19.8 Å². The van der Waals surface area contributed by atoms with Gasteiger partial charge in [0.2, 0.25) is 0 Å².